The van der Waals surface area contributed by atoms with E-state index < -0.39 is 18.0 Å². The highest BCUT2D eigenvalue weighted by Crippen LogP contribution is 2.31. The van der Waals surface area contributed by atoms with Crippen molar-refractivity contribution in [2.45, 2.75) is 25.6 Å². The number of hydrogen-bond donors (Lipinski definition) is 1. The summed E-state index contributed by atoms with van der Waals surface area (Å²) in [6.07, 6.45) is -0.854. The van der Waals surface area contributed by atoms with Gasteiger partial charge in [-0.15, -0.1) is 0 Å². The summed E-state index contributed by atoms with van der Waals surface area (Å²) >= 11 is 6.01. The molecule has 2 aromatic rings. The molecule has 142 valence electrons. The number of rotatable bonds is 4. The fraction of sp³-hybridized carbons (Fsp3) is 0.300. The van der Waals surface area contributed by atoms with Gasteiger partial charge in [0.25, 0.3) is 5.91 Å². The molecular formula is C20H20ClFN2O3. The molecule has 0 saturated carbocycles. The van der Waals surface area contributed by atoms with Crippen molar-refractivity contribution in [3.05, 3.63) is 70.0 Å². The highest BCUT2D eigenvalue weighted by molar-refractivity contribution is 6.31. The zero-order valence-electron chi connectivity index (χ0n) is 15.0. The van der Waals surface area contributed by atoms with Gasteiger partial charge in [-0.05, 0) is 35.7 Å². The second-order valence-electron chi connectivity index (χ2n) is 6.49. The minimum Gasteiger partial charge on any atom is -0.356 e. The summed E-state index contributed by atoms with van der Waals surface area (Å²) in [4.78, 5) is 26.5. The van der Waals surface area contributed by atoms with Crippen LogP contribution < -0.4 is 5.32 Å². The van der Waals surface area contributed by atoms with Gasteiger partial charge in [0.15, 0.2) is 6.10 Å². The molecule has 0 radical (unpaired) electrons. The molecule has 0 aromatic heterocycles. The lowest BCUT2D eigenvalue weighted by molar-refractivity contribution is -0.162. The summed E-state index contributed by atoms with van der Waals surface area (Å²) in [5, 5.41) is 3.01. The van der Waals surface area contributed by atoms with Crippen LogP contribution >= 0.6 is 11.6 Å². The molecule has 0 aliphatic carbocycles. The molecule has 1 fully saturated rings. The number of carbonyl (C=O) groups excluding carboxylic acids is 2. The monoisotopic (exact) mass is 390 g/mol. The Balaban J connectivity index is 1.80. The average molecular weight is 391 g/mol. The van der Waals surface area contributed by atoms with E-state index in [0.717, 1.165) is 11.1 Å². The van der Waals surface area contributed by atoms with Crippen molar-refractivity contribution in [1.82, 2.24) is 10.2 Å². The van der Waals surface area contributed by atoms with Crippen LogP contribution in [-0.4, -0.2) is 36.5 Å². The molecule has 0 unspecified atom stereocenters. The van der Waals surface area contributed by atoms with Crippen molar-refractivity contribution in [1.29, 1.82) is 0 Å². The third-order valence-electron chi connectivity index (χ3n) is 4.72. The van der Waals surface area contributed by atoms with Crippen LogP contribution in [0.2, 0.25) is 5.02 Å². The lowest BCUT2D eigenvalue weighted by Crippen LogP contribution is -2.53. The largest absolute Gasteiger partial charge is 0.356 e. The van der Waals surface area contributed by atoms with E-state index >= 15 is 0 Å². The SMILES string of the molecule is Cc1ccccc1[C@@H]1[C@@H](C(=O)NCc2ccc(F)cc2Cl)OCC(=O)N1C. The smallest absolute Gasteiger partial charge is 0.251 e. The Hall–Kier alpha value is -2.44. The molecule has 2 atom stereocenters. The van der Waals surface area contributed by atoms with Crippen molar-refractivity contribution in [3.8, 4) is 0 Å². The van der Waals surface area contributed by atoms with E-state index in [-0.39, 0.29) is 30.0 Å². The summed E-state index contributed by atoms with van der Waals surface area (Å²) in [6, 6.07) is 11.0. The van der Waals surface area contributed by atoms with E-state index in [1.165, 1.54) is 18.2 Å². The molecule has 3 rings (SSSR count). The van der Waals surface area contributed by atoms with Crippen molar-refractivity contribution in [2.24, 2.45) is 0 Å². The minimum atomic E-state index is -0.854. The summed E-state index contributed by atoms with van der Waals surface area (Å²) in [5.41, 5.74) is 2.42. The van der Waals surface area contributed by atoms with Gasteiger partial charge in [-0.2, -0.15) is 0 Å². The molecule has 1 aliphatic heterocycles. The molecule has 0 bridgehead atoms. The third-order valence-corrected chi connectivity index (χ3v) is 5.07. The van der Waals surface area contributed by atoms with E-state index in [1.54, 1.807) is 11.9 Å². The van der Waals surface area contributed by atoms with Crippen LogP contribution in [-0.2, 0) is 20.9 Å². The van der Waals surface area contributed by atoms with Gasteiger partial charge in [-0.3, -0.25) is 9.59 Å². The molecule has 2 aromatic carbocycles. The fourth-order valence-corrected chi connectivity index (χ4v) is 3.40. The Morgan fingerprint density at radius 1 is 1.33 bits per heavy atom. The first-order valence-corrected chi connectivity index (χ1v) is 8.90. The van der Waals surface area contributed by atoms with Gasteiger partial charge in [0, 0.05) is 18.6 Å². The number of amides is 2. The molecule has 1 saturated heterocycles. The molecule has 1 aliphatic rings. The molecule has 2 amide bonds. The topological polar surface area (TPSA) is 58.6 Å². The van der Waals surface area contributed by atoms with E-state index in [0.29, 0.717) is 5.56 Å². The average Bonchev–Trinajstić information content (AvgIpc) is 2.63. The quantitative estimate of drug-likeness (QED) is 0.873. The lowest BCUT2D eigenvalue weighted by Gasteiger charge is -2.39. The zero-order chi connectivity index (χ0) is 19.6. The summed E-state index contributed by atoms with van der Waals surface area (Å²) < 4.78 is 18.8. The second kappa shape index (κ2) is 8.06. The Morgan fingerprint density at radius 2 is 2.07 bits per heavy atom. The number of halogens is 2. The summed E-state index contributed by atoms with van der Waals surface area (Å²) in [6.45, 7) is 1.90. The van der Waals surface area contributed by atoms with Crippen LogP contribution in [0.5, 0.6) is 0 Å². The van der Waals surface area contributed by atoms with Crippen molar-refractivity contribution in [3.63, 3.8) is 0 Å². The summed E-state index contributed by atoms with van der Waals surface area (Å²) in [5.74, 6) is -0.984. The molecule has 1 N–H and O–H groups in total. The van der Waals surface area contributed by atoms with Crippen LogP contribution in [0.4, 0.5) is 4.39 Å². The molecular weight excluding hydrogens is 371 g/mol. The first-order valence-electron chi connectivity index (χ1n) is 8.53. The maximum Gasteiger partial charge on any atom is 0.251 e. The highest BCUT2D eigenvalue weighted by Gasteiger charge is 2.40. The zero-order valence-corrected chi connectivity index (χ0v) is 15.8. The lowest BCUT2D eigenvalue weighted by atomic mass is 9.94. The molecule has 1 heterocycles. The van der Waals surface area contributed by atoms with Crippen molar-refractivity contribution in [2.75, 3.05) is 13.7 Å². The highest BCUT2D eigenvalue weighted by atomic mass is 35.5. The first-order chi connectivity index (χ1) is 12.9. The van der Waals surface area contributed by atoms with E-state index in [4.69, 9.17) is 16.3 Å². The second-order valence-corrected chi connectivity index (χ2v) is 6.90. The van der Waals surface area contributed by atoms with Crippen molar-refractivity contribution < 1.29 is 18.7 Å². The van der Waals surface area contributed by atoms with Gasteiger partial charge < -0.3 is 15.0 Å². The van der Waals surface area contributed by atoms with Gasteiger partial charge in [0.1, 0.15) is 12.4 Å². The predicted molar refractivity (Wildman–Crippen MR) is 99.7 cm³/mol. The number of carbonyl (C=O) groups is 2. The van der Waals surface area contributed by atoms with Crippen LogP contribution in [0, 0.1) is 12.7 Å². The number of ether oxygens (including phenoxy) is 1. The van der Waals surface area contributed by atoms with Crippen LogP contribution in [0.15, 0.2) is 42.5 Å². The predicted octanol–water partition coefficient (Wildman–Crippen LogP) is 3.00. The van der Waals surface area contributed by atoms with E-state index in [9.17, 15) is 14.0 Å². The van der Waals surface area contributed by atoms with Gasteiger partial charge in [-0.1, -0.05) is 41.9 Å². The Labute approximate surface area is 162 Å². The van der Waals surface area contributed by atoms with Crippen LogP contribution in [0.1, 0.15) is 22.7 Å². The van der Waals surface area contributed by atoms with Crippen molar-refractivity contribution >= 4 is 23.4 Å². The number of nitrogens with one attached hydrogen (secondary N) is 1. The van der Waals surface area contributed by atoms with Gasteiger partial charge in [0.05, 0.1) is 6.04 Å². The van der Waals surface area contributed by atoms with Gasteiger partial charge in [-0.25, -0.2) is 4.39 Å². The number of nitrogens with zero attached hydrogens (tertiary/aromatic N) is 1. The maximum atomic E-state index is 13.2. The Kier molecular flexibility index (Phi) is 5.77. The molecule has 7 heteroatoms. The summed E-state index contributed by atoms with van der Waals surface area (Å²) in [7, 11) is 1.67. The third kappa shape index (κ3) is 4.12. The number of benzene rings is 2. The van der Waals surface area contributed by atoms with E-state index in [2.05, 4.69) is 5.32 Å². The normalized spacial score (nSPS) is 19.9. The van der Waals surface area contributed by atoms with Gasteiger partial charge >= 0.3 is 0 Å². The first kappa shape index (κ1) is 19.3. The number of morpholine rings is 1. The number of likely N-dealkylation sites (N-methyl/N-ethyl adjacent to an activating group) is 1. The van der Waals surface area contributed by atoms with Gasteiger partial charge in [0.2, 0.25) is 5.91 Å². The maximum absolute atomic E-state index is 13.2. The molecule has 27 heavy (non-hydrogen) atoms. The standard InChI is InChI=1S/C20H20ClFN2O3/c1-12-5-3-4-6-15(12)18-19(27-11-17(25)24(18)2)20(26)23-10-13-7-8-14(22)9-16(13)21/h3-9,18-19H,10-11H2,1-2H3,(H,23,26)/t18-,19+/m1/s1. The minimum absolute atomic E-state index is 0.135. The Bertz CT molecular complexity index is 874. The van der Waals surface area contributed by atoms with E-state index in [1.807, 2.05) is 31.2 Å². The molecule has 5 nitrogen and oxygen atoms in total. The Morgan fingerprint density at radius 3 is 2.78 bits per heavy atom. The fourth-order valence-electron chi connectivity index (χ4n) is 3.17. The number of aryl methyl sites for hydroxylation is 1. The molecule has 0 spiro atoms. The van der Waals surface area contributed by atoms with Crippen LogP contribution in [0.25, 0.3) is 0 Å². The number of hydrogen-bond acceptors (Lipinski definition) is 3. The van der Waals surface area contributed by atoms with Crippen LogP contribution in [0.3, 0.4) is 0 Å².